The summed E-state index contributed by atoms with van der Waals surface area (Å²) < 4.78 is 25.5. The van der Waals surface area contributed by atoms with Crippen LogP contribution in [0.2, 0.25) is 0 Å². The molecule has 0 spiro atoms. The van der Waals surface area contributed by atoms with Gasteiger partial charge in [0.2, 0.25) is 6.41 Å². The molecule has 1 aromatic rings. The maximum Gasteiger partial charge on any atom is 0.411 e. The van der Waals surface area contributed by atoms with Crippen LogP contribution in [0, 0.1) is 17.2 Å². The summed E-state index contributed by atoms with van der Waals surface area (Å²) in [7, 11) is 0. The molecular weight excluding hydrogens is 437 g/mol. The first-order chi connectivity index (χ1) is 16.3. The van der Waals surface area contributed by atoms with E-state index in [0.29, 0.717) is 18.0 Å². The average molecular weight is 478 g/mol. The maximum absolute atomic E-state index is 15.0. The highest BCUT2D eigenvalue weighted by atomic mass is 19.1. The van der Waals surface area contributed by atoms with E-state index >= 15 is 0 Å². The van der Waals surface area contributed by atoms with Gasteiger partial charge in [-0.3, -0.25) is 10.1 Å². The minimum absolute atomic E-state index is 0.0620. The third-order valence-corrected chi connectivity index (χ3v) is 6.86. The number of rotatable bonds is 10. The van der Waals surface area contributed by atoms with Crippen molar-refractivity contribution in [1.29, 1.82) is 0 Å². The van der Waals surface area contributed by atoms with Crippen molar-refractivity contribution in [2.24, 2.45) is 11.3 Å². The topological polar surface area (TPSA) is 71.1 Å². The van der Waals surface area contributed by atoms with Crippen LogP contribution in [-0.4, -0.2) is 62.9 Å². The predicted molar refractivity (Wildman–Crippen MR) is 132 cm³/mol. The van der Waals surface area contributed by atoms with Crippen LogP contribution < -0.4 is 10.2 Å². The van der Waals surface area contributed by atoms with Gasteiger partial charge >= 0.3 is 6.09 Å². The molecule has 2 saturated heterocycles. The lowest BCUT2D eigenvalue weighted by Crippen LogP contribution is -2.43. The fourth-order valence-electron chi connectivity index (χ4n) is 4.99. The Bertz CT molecular complexity index is 815. The van der Waals surface area contributed by atoms with Crippen LogP contribution in [0.4, 0.5) is 20.6 Å². The monoisotopic (exact) mass is 477 g/mol. The summed E-state index contributed by atoms with van der Waals surface area (Å²) in [5, 5.41) is 2.59. The molecule has 3 rings (SSSR count). The van der Waals surface area contributed by atoms with Crippen LogP contribution in [0.5, 0.6) is 0 Å². The van der Waals surface area contributed by atoms with Crippen molar-refractivity contribution in [2.75, 3.05) is 49.7 Å². The van der Waals surface area contributed by atoms with Crippen LogP contribution in [0.25, 0.3) is 0 Å². The Morgan fingerprint density at radius 3 is 2.82 bits per heavy atom. The van der Waals surface area contributed by atoms with Gasteiger partial charge in [0.25, 0.3) is 0 Å². The minimum Gasteiger partial charge on any atom is -0.449 e. The first kappa shape index (κ1) is 26.3. The number of benzene rings is 1. The van der Waals surface area contributed by atoms with Crippen LogP contribution in [0.1, 0.15) is 59.3 Å². The standard InChI is InChI=1S/C26H40FN3O4/c1-20(2)17-34-25(32)28-21-6-7-24(23(27)16-21)29-12-4-10-26(3,18-29)11-5-13-30(19-31)22-8-14-33-15-9-22/h6-7,16,19-20,22H,4-5,8-15,17-18H2,1-3H3,(H,28,32). The van der Waals surface area contributed by atoms with E-state index in [-0.39, 0.29) is 23.2 Å². The van der Waals surface area contributed by atoms with Gasteiger partial charge in [0.15, 0.2) is 0 Å². The number of anilines is 2. The van der Waals surface area contributed by atoms with Gasteiger partial charge in [-0.1, -0.05) is 20.8 Å². The molecule has 190 valence electrons. The van der Waals surface area contributed by atoms with Crippen molar-refractivity contribution in [2.45, 2.75) is 65.3 Å². The molecule has 1 aromatic carbocycles. The highest BCUT2D eigenvalue weighted by molar-refractivity contribution is 5.85. The van der Waals surface area contributed by atoms with Gasteiger partial charge in [-0.25, -0.2) is 9.18 Å². The summed E-state index contributed by atoms with van der Waals surface area (Å²) in [5.74, 6) is -0.112. The third-order valence-electron chi connectivity index (χ3n) is 6.86. The Morgan fingerprint density at radius 1 is 1.38 bits per heavy atom. The van der Waals surface area contributed by atoms with Crippen LogP contribution >= 0.6 is 0 Å². The number of carbonyl (C=O) groups is 2. The molecule has 1 N–H and O–H groups in total. The van der Waals surface area contributed by atoms with E-state index in [1.54, 1.807) is 12.1 Å². The van der Waals surface area contributed by atoms with E-state index in [0.717, 1.165) is 77.8 Å². The summed E-state index contributed by atoms with van der Waals surface area (Å²) in [6.45, 7) is 10.3. The second-order valence-electron chi connectivity index (χ2n) is 10.4. The SMILES string of the molecule is CC(C)COC(=O)Nc1ccc(N2CCCC(C)(CCCN(C=O)C3CCOCC3)C2)c(F)c1. The lowest BCUT2D eigenvalue weighted by atomic mass is 9.78. The lowest BCUT2D eigenvalue weighted by molar-refractivity contribution is -0.122. The normalized spacial score (nSPS) is 21.4. The van der Waals surface area contributed by atoms with E-state index in [9.17, 15) is 14.0 Å². The highest BCUT2D eigenvalue weighted by Gasteiger charge is 2.32. The number of nitrogens with zero attached hydrogens (tertiary/aromatic N) is 2. The number of amides is 2. The van der Waals surface area contributed by atoms with E-state index in [1.807, 2.05) is 18.7 Å². The zero-order valence-corrected chi connectivity index (χ0v) is 20.9. The number of nitrogens with one attached hydrogen (secondary N) is 1. The Balaban J connectivity index is 1.53. The molecule has 0 aliphatic carbocycles. The molecule has 2 aliphatic heterocycles. The van der Waals surface area contributed by atoms with Gasteiger partial charge in [0.1, 0.15) is 5.82 Å². The van der Waals surface area contributed by atoms with Gasteiger partial charge in [0.05, 0.1) is 12.3 Å². The number of hydrogen-bond acceptors (Lipinski definition) is 5. The highest BCUT2D eigenvalue weighted by Crippen LogP contribution is 2.37. The Morgan fingerprint density at radius 2 is 2.15 bits per heavy atom. The minimum atomic E-state index is -0.573. The smallest absolute Gasteiger partial charge is 0.411 e. The molecule has 0 aromatic heterocycles. The van der Waals surface area contributed by atoms with Crippen molar-refractivity contribution >= 4 is 23.9 Å². The number of piperidine rings is 1. The van der Waals surface area contributed by atoms with Gasteiger partial charge in [-0.15, -0.1) is 0 Å². The van der Waals surface area contributed by atoms with E-state index < -0.39 is 6.09 Å². The number of ether oxygens (including phenoxy) is 2. The summed E-state index contributed by atoms with van der Waals surface area (Å²) in [4.78, 5) is 27.5. The molecule has 8 heteroatoms. The molecule has 7 nitrogen and oxygen atoms in total. The zero-order valence-electron chi connectivity index (χ0n) is 20.9. The number of halogens is 1. The van der Waals surface area contributed by atoms with Gasteiger partial charge in [-0.2, -0.15) is 0 Å². The summed E-state index contributed by atoms with van der Waals surface area (Å²) in [5.41, 5.74) is 1.01. The molecule has 2 fully saturated rings. The summed E-state index contributed by atoms with van der Waals surface area (Å²) >= 11 is 0. The first-order valence-electron chi connectivity index (χ1n) is 12.6. The molecule has 34 heavy (non-hydrogen) atoms. The fraction of sp³-hybridized carbons (Fsp3) is 0.692. The molecule has 0 bridgehead atoms. The fourth-order valence-corrected chi connectivity index (χ4v) is 4.99. The molecule has 1 unspecified atom stereocenters. The van der Waals surface area contributed by atoms with Crippen molar-refractivity contribution in [3.8, 4) is 0 Å². The Hall–Kier alpha value is -2.35. The quantitative estimate of drug-likeness (QED) is 0.477. The average Bonchev–Trinajstić information content (AvgIpc) is 2.81. The largest absolute Gasteiger partial charge is 0.449 e. The predicted octanol–water partition coefficient (Wildman–Crippen LogP) is 5.05. The van der Waals surface area contributed by atoms with Crippen molar-refractivity contribution in [3.05, 3.63) is 24.0 Å². The van der Waals surface area contributed by atoms with Crippen LogP contribution in [0.15, 0.2) is 18.2 Å². The third kappa shape index (κ3) is 7.58. The molecule has 2 aliphatic rings. The van der Waals surface area contributed by atoms with E-state index in [4.69, 9.17) is 9.47 Å². The number of hydrogen-bond donors (Lipinski definition) is 1. The summed E-state index contributed by atoms with van der Waals surface area (Å²) in [6.07, 6.45) is 6.22. The lowest BCUT2D eigenvalue weighted by Gasteiger charge is -2.42. The second-order valence-corrected chi connectivity index (χ2v) is 10.4. The van der Waals surface area contributed by atoms with E-state index in [2.05, 4.69) is 17.1 Å². The van der Waals surface area contributed by atoms with Gasteiger partial charge in [0, 0.05) is 44.6 Å². The Kier molecular flexibility index (Phi) is 9.56. The van der Waals surface area contributed by atoms with Crippen LogP contribution in [0.3, 0.4) is 0 Å². The Labute approximate surface area is 203 Å². The van der Waals surface area contributed by atoms with Gasteiger partial charge < -0.3 is 19.3 Å². The van der Waals surface area contributed by atoms with Gasteiger partial charge in [-0.05, 0) is 68.1 Å². The molecule has 2 heterocycles. The number of carbonyl (C=O) groups excluding carboxylic acids is 2. The molecule has 0 saturated carbocycles. The molecule has 2 amide bonds. The maximum atomic E-state index is 15.0. The molecular formula is C26H40FN3O4. The first-order valence-corrected chi connectivity index (χ1v) is 12.6. The molecule has 0 radical (unpaired) electrons. The summed E-state index contributed by atoms with van der Waals surface area (Å²) in [6, 6.07) is 5.09. The zero-order chi connectivity index (χ0) is 24.6. The second kappa shape index (κ2) is 12.4. The van der Waals surface area contributed by atoms with E-state index in [1.165, 1.54) is 6.07 Å². The van der Waals surface area contributed by atoms with Crippen molar-refractivity contribution in [3.63, 3.8) is 0 Å². The molecule has 1 atom stereocenters. The van der Waals surface area contributed by atoms with Crippen LogP contribution in [-0.2, 0) is 14.3 Å². The van der Waals surface area contributed by atoms with Crippen molar-refractivity contribution < 1.29 is 23.5 Å². The van der Waals surface area contributed by atoms with Crippen molar-refractivity contribution in [1.82, 2.24) is 4.90 Å².